The van der Waals surface area contributed by atoms with Crippen LogP contribution in [0, 0.1) is 0 Å². The van der Waals surface area contributed by atoms with E-state index in [0.29, 0.717) is 5.56 Å². The molecule has 0 bridgehead atoms. The molecule has 13 heavy (non-hydrogen) atoms. The fourth-order valence-corrected chi connectivity index (χ4v) is 1.22. The first-order valence-corrected chi connectivity index (χ1v) is 3.77. The zero-order valence-corrected chi connectivity index (χ0v) is 6.64. The third-order valence-corrected chi connectivity index (χ3v) is 1.85. The first kappa shape index (κ1) is 7.85. The number of carbonyl (C=O) groups is 2. The predicted octanol–water partition coefficient (Wildman–Crippen LogP) is 0.0337. The Morgan fingerprint density at radius 2 is 2.00 bits per heavy atom. The molecule has 0 spiro atoms. The van der Waals surface area contributed by atoms with E-state index in [0.717, 1.165) is 0 Å². The first-order chi connectivity index (χ1) is 6.27. The Morgan fingerprint density at radius 1 is 1.31 bits per heavy atom. The van der Waals surface area contributed by atoms with Gasteiger partial charge in [0.05, 0.1) is 12.3 Å². The van der Waals surface area contributed by atoms with E-state index in [9.17, 15) is 9.59 Å². The summed E-state index contributed by atoms with van der Waals surface area (Å²) in [6, 6.07) is 0. The summed E-state index contributed by atoms with van der Waals surface area (Å²) in [5.41, 5.74) is 0.623. The van der Waals surface area contributed by atoms with Crippen LogP contribution in [-0.4, -0.2) is 21.9 Å². The highest BCUT2D eigenvalue weighted by molar-refractivity contribution is 5.97. The van der Waals surface area contributed by atoms with E-state index in [2.05, 4.69) is 14.7 Å². The van der Waals surface area contributed by atoms with Crippen LogP contribution in [0.15, 0.2) is 18.7 Å². The second-order valence-electron chi connectivity index (χ2n) is 2.72. The molecule has 2 rings (SSSR count). The molecule has 1 fully saturated rings. The molecule has 1 saturated heterocycles. The monoisotopic (exact) mass is 178 g/mol. The Balaban J connectivity index is 2.28. The van der Waals surface area contributed by atoms with Gasteiger partial charge in [-0.2, -0.15) is 0 Å². The second-order valence-corrected chi connectivity index (χ2v) is 2.72. The minimum absolute atomic E-state index is 0.0895. The van der Waals surface area contributed by atoms with Crippen LogP contribution in [0.4, 0.5) is 0 Å². The Bertz CT molecular complexity index is 350. The van der Waals surface area contributed by atoms with E-state index in [1.54, 1.807) is 0 Å². The third kappa shape index (κ3) is 1.40. The molecule has 0 aliphatic carbocycles. The zero-order chi connectivity index (χ0) is 9.26. The predicted molar refractivity (Wildman–Crippen MR) is 40.5 cm³/mol. The van der Waals surface area contributed by atoms with Crippen LogP contribution in [0.1, 0.15) is 17.9 Å². The maximum atomic E-state index is 11.1. The van der Waals surface area contributed by atoms with Crippen LogP contribution in [0.3, 0.4) is 0 Å². The number of carbonyl (C=O) groups excluding carboxylic acids is 2. The van der Waals surface area contributed by atoms with E-state index in [1.165, 1.54) is 18.7 Å². The highest BCUT2D eigenvalue weighted by atomic mass is 16.6. The number of hydrogen-bond acceptors (Lipinski definition) is 5. The highest BCUT2D eigenvalue weighted by Crippen LogP contribution is 2.25. The summed E-state index contributed by atoms with van der Waals surface area (Å²) in [6.07, 6.45) is 4.48. The summed E-state index contributed by atoms with van der Waals surface area (Å²) in [5, 5.41) is 0. The van der Waals surface area contributed by atoms with Crippen molar-refractivity contribution in [2.75, 3.05) is 0 Å². The average molecular weight is 178 g/mol. The van der Waals surface area contributed by atoms with Crippen molar-refractivity contribution in [3.8, 4) is 0 Å². The quantitative estimate of drug-likeness (QED) is 0.448. The number of nitrogens with zero attached hydrogens (tertiary/aromatic N) is 2. The van der Waals surface area contributed by atoms with Crippen molar-refractivity contribution >= 4 is 11.9 Å². The van der Waals surface area contributed by atoms with Crippen molar-refractivity contribution in [1.82, 2.24) is 9.97 Å². The molecular weight excluding hydrogens is 172 g/mol. The Kier molecular flexibility index (Phi) is 1.77. The number of esters is 2. The van der Waals surface area contributed by atoms with E-state index in [-0.39, 0.29) is 6.42 Å². The van der Waals surface area contributed by atoms with Gasteiger partial charge in [-0.05, 0) is 0 Å². The van der Waals surface area contributed by atoms with Crippen molar-refractivity contribution in [2.45, 2.75) is 12.3 Å². The summed E-state index contributed by atoms with van der Waals surface area (Å²) in [4.78, 5) is 29.4. The van der Waals surface area contributed by atoms with Crippen molar-refractivity contribution in [3.63, 3.8) is 0 Å². The first-order valence-electron chi connectivity index (χ1n) is 3.77. The van der Waals surface area contributed by atoms with Crippen LogP contribution in [-0.2, 0) is 14.3 Å². The van der Waals surface area contributed by atoms with Gasteiger partial charge in [0.25, 0.3) is 0 Å². The van der Waals surface area contributed by atoms with Gasteiger partial charge in [0.1, 0.15) is 6.33 Å². The lowest BCUT2D eigenvalue weighted by Gasteiger charge is -2.01. The third-order valence-electron chi connectivity index (χ3n) is 1.85. The molecule has 1 unspecified atom stereocenters. The summed E-state index contributed by atoms with van der Waals surface area (Å²) < 4.78 is 4.39. The summed E-state index contributed by atoms with van der Waals surface area (Å²) in [7, 11) is 0. The molecule has 1 aliphatic heterocycles. The van der Waals surface area contributed by atoms with Gasteiger partial charge in [-0.25, -0.2) is 9.97 Å². The van der Waals surface area contributed by atoms with Crippen molar-refractivity contribution in [2.24, 2.45) is 0 Å². The molecule has 0 amide bonds. The number of aromatic nitrogens is 2. The van der Waals surface area contributed by atoms with Crippen molar-refractivity contribution in [1.29, 1.82) is 0 Å². The molecule has 0 N–H and O–H groups in total. The molecule has 1 aromatic heterocycles. The van der Waals surface area contributed by atoms with Gasteiger partial charge in [-0.3, -0.25) is 9.59 Å². The molecule has 5 heteroatoms. The lowest BCUT2D eigenvalue weighted by Crippen LogP contribution is -2.06. The molecule has 0 saturated carbocycles. The largest absolute Gasteiger partial charge is 0.393 e. The Labute approximate surface area is 73.8 Å². The zero-order valence-electron chi connectivity index (χ0n) is 6.64. The maximum absolute atomic E-state index is 11.1. The van der Waals surface area contributed by atoms with Crippen LogP contribution >= 0.6 is 0 Å². The fraction of sp³-hybridized carbons (Fsp3) is 0.250. The van der Waals surface area contributed by atoms with E-state index in [1.807, 2.05) is 0 Å². The second kappa shape index (κ2) is 2.93. The average Bonchev–Trinajstić information content (AvgIpc) is 2.47. The highest BCUT2D eigenvalue weighted by Gasteiger charge is 2.34. The molecule has 5 nitrogen and oxygen atoms in total. The van der Waals surface area contributed by atoms with E-state index >= 15 is 0 Å². The van der Waals surface area contributed by atoms with Crippen LogP contribution in [0.5, 0.6) is 0 Å². The van der Waals surface area contributed by atoms with E-state index in [4.69, 9.17) is 0 Å². The van der Waals surface area contributed by atoms with Gasteiger partial charge in [0.2, 0.25) is 0 Å². The molecule has 1 aliphatic rings. The molecule has 0 radical (unpaired) electrons. The fourth-order valence-electron chi connectivity index (χ4n) is 1.22. The normalized spacial score (nSPS) is 21.7. The van der Waals surface area contributed by atoms with Crippen LogP contribution < -0.4 is 0 Å². The number of hydrogen-bond donors (Lipinski definition) is 0. The number of rotatable bonds is 1. The van der Waals surface area contributed by atoms with Gasteiger partial charge in [0, 0.05) is 18.0 Å². The van der Waals surface area contributed by atoms with Gasteiger partial charge < -0.3 is 4.74 Å². The van der Waals surface area contributed by atoms with Crippen molar-refractivity contribution < 1.29 is 14.3 Å². The standard InChI is InChI=1S/C8H6N2O3/c11-7-1-6(8(12)13-7)5-2-9-4-10-3-5/h2-4,6H,1H2. The maximum Gasteiger partial charge on any atom is 0.321 e. The molecule has 1 atom stereocenters. The van der Waals surface area contributed by atoms with E-state index < -0.39 is 17.9 Å². The molecular formula is C8H6N2O3. The number of ether oxygens (including phenoxy) is 1. The Hall–Kier alpha value is -1.78. The van der Waals surface area contributed by atoms with Crippen molar-refractivity contribution in [3.05, 3.63) is 24.3 Å². The van der Waals surface area contributed by atoms with Gasteiger partial charge in [-0.15, -0.1) is 0 Å². The summed E-state index contributed by atoms with van der Waals surface area (Å²) in [5.74, 6) is -1.52. The van der Waals surface area contributed by atoms with Gasteiger partial charge in [-0.1, -0.05) is 0 Å². The van der Waals surface area contributed by atoms with Gasteiger partial charge in [0.15, 0.2) is 0 Å². The SMILES string of the molecule is O=C1CC(c2cncnc2)C(=O)O1. The lowest BCUT2D eigenvalue weighted by molar-refractivity contribution is -0.152. The number of cyclic esters (lactones) is 2. The van der Waals surface area contributed by atoms with Crippen LogP contribution in [0.2, 0.25) is 0 Å². The minimum Gasteiger partial charge on any atom is -0.393 e. The lowest BCUT2D eigenvalue weighted by atomic mass is 10.0. The van der Waals surface area contributed by atoms with Crippen LogP contribution in [0.25, 0.3) is 0 Å². The molecule has 0 aromatic carbocycles. The topological polar surface area (TPSA) is 69.2 Å². The summed E-state index contributed by atoms with van der Waals surface area (Å²) >= 11 is 0. The molecule has 66 valence electrons. The molecule has 1 aromatic rings. The minimum atomic E-state index is -0.520. The van der Waals surface area contributed by atoms with Gasteiger partial charge >= 0.3 is 11.9 Å². The smallest absolute Gasteiger partial charge is 0.321 e. The Morgan fingerprint density at radius 3 is 2.54 bits per heavy atom. The molecule has 2 heterocycles. The summed E-state index contributed by atoms with van der Waals surface area (Å²) in [6.45, 7) is 0.